The van der Waals surface area contributed by atoms with Crippen molar-refractivity contribution in [2.75, 3.05) is 0 Å². The minimum absolute atomic E-state index is 0.0803. The highest BCUT2D eigenvalue weighted by molar-refractivity contribution is 5.29. The molecular formula is C15H23NO. The van der Waals surface area contributed by atoms with E-state index in [1.807, 2.05) is 51.1 Å². The van der Waals surface area contributed by atoms with Crippen molar-refractivity contribution in [1.82, 2.24) is 0 Å². The van der Waals surface area contributed by atoms with Gasteiger partial charge in [-0.05, 0) is 51.3 Å². The fraction of sp³-hybridized carbons (Fsp3) is 0.467. The molecule has 2 heteroatoms. The molecule has 0 saturated carbocycles. The maximum absolute atomic E-state index is 6.07. The number of hydrogen-bond acceptors (Lipinski definition) is 2. The molecule has 0 aromatic heterocycles. The van der Waals surface area contributed by atoms with Gasteiger partial charge in [0.15, 0.2) is 0 Å². The molecule has 0 spiro atoms. The molecule has 0 amide bonds. The van der Waals surface area contributed by atoms with Gasteiger partial charge >= 0.3 is 0 Å². The number of benzene rings is 1. The average Bonchev–Trinajstić information content (AvgIpc) is 2.24. The third-order valence-corrected chi connectivity index (χ3v) is 2.41. The van der Waals surface area contributed by atoms with Gasteiger partial charge in [0.25, 0.3) is 0 Å². The fourth-order valence-corrected chi connectivity index (χ4v) is 1.60. The van der Waals surface area contributed by atoms with Gasteiger partial charge in [-0.2, -0.15) is 0 Å². The van der Waals surface area contributed by atoms with Crippen LogP contribution >= 0.6 is 0 Å². The summed E-state index contributed by atoms with van der Waals surface area (Å²) in [5.74, 6) is 0.886. The summed E-state index contributed by atoms with van der Waals surface area (Å²) >= 11 is 0. The van der Waals surface area contributed by atoms with Gasteiger partial charge in [0.1, 0.15) is 11.4 Å². The first-order valence-corrected chi connectivity index (χ1v) is 6.08. The second-order valence-electron chi connectivity index (χ2n) is 5.26. The molecular weight excluding hydrogens is 210 g/mol. The Balaban J connectivity index is 2.64. The molecule has 0 aliphatic rings. The summed E-state index contributed by atoms with van der Waals surface area (Å²) in [5.41, 5.74) is 7.06. The zero-order valence-corrected chi connectivity index (χ0v) is 11.1. The van der Waals surface area contributed by atoms with Crippen LogP contribution in [-0.4, -0.2) is 5.60 Å². The van der Waals surface area contributed by atoms with E-state index >= 15 is 0 Å². The maximum Gasteiger partial charge on any atom is 0.120 e. The predicted octanol–water partition coefficient (Wildman–Crippen LogP) is 3.83. The topological polar surface area (TPSA) is 35.2 Å². The van der Waals surface area contributed by atoms with E-state index in [0.717, 1.165) is 24.2 Å². The van der Waals surface area contributed by atoms with Gasteiger partial charge in [0, 0.05) is 6.04 Å². The van der Waals surface area contributed by atoms with Crippen LogP contribution in [-0.2, 0) is 0 Å². The minimum atomic E-state index is -0.160. The fourth-order valence-electron chi connectivity index (χ4n) is 1.60. The first-order valence-electron chi connectivity index (χ1n) is 6.08. The molecule has 0 radical (unpaired) electrons. The Hall–Kier alpha value is -1.28. The number of hydrogen-bond donors (Lipinski definition) is 1. The first-order chi connectivity index (χ1) is 7.92. The highest BCUT2D eigenvalue weighted by atomic mass is 16.5. The van der Waals surface area contributed by atoms with Crippen molar-refractivity contribution in [3.8, 4) is 5.75 Å². The van der Waals surface area contributed by atoms with Crippen molar-refractivity contribution in [2.24, 2.45) is 5.73 Å². The van der Waals surface area contributed by atoms with Gasteiger partial charge in [0.05, 0.1) is 0 Å². The van der Waals surface area contributed by atoms with E-state index in [4.69, 9.17) is 10.5 Å². The Morgan fingerprint density at radius 2 is 1.88 bits per heavy atom. The van der Waals surface area contributed by atoms with E-state index in [0.29, 0.717) is 0 Å². The predicted molar refractivity (Wildman–Crippen MR) is 73.2 cm³/mol. The van der Waals surface area contributed by atoms with Gasteiger partial charge in [-0.3, -0.25) is 0 Å². The highest BCUT2D eigenvalue weighted by Crippen LogP contribution is 2.22. The van der Waals surface area contributed by atoms with Gasteiger partial charge in [-0.15, -0.1) is 6.58 Å². The first kappa shape index (κ1) is 13.8. The molecule has 1 atom stereocenters. The lowest BCUT2D eigenvalue weighted by Crippen LogP contribution is -2.22. The van der Waals surface area contributed by atoms with Crippen LogP contribution in [0, 0.1) is 0 Å². The maximum atomic E-state index is 6.07. The van der Waals surface area contributed by atoms with Gasteiger partial charge in [0.2, 0.25) is 0 Å². The zero-order valence-electron chi connectivity index (χ0n) is 11.1. The summed E-state index contributed by atoms with van der Waals surface area (Å²) in [6.07, 6.45) is 3.78. The SMILES string of the molecule is C=CCC[C@H](N)c1ccc(OC(C)(C)C)cc1. The smallest absolute Gasteiger partial charge is 0.120 e. The van der Waals surface area contributed by atoms with Crippen LogP contribution in [0.25, 0.3) is 0 Å². The second-order valence-corrected chi connectivity index (χ2v) is 5.26. The van der Waals surface area contributed by atoms with Crippen molar-refractivity contribution in [1.29, 1.82) is 0 Å². The average molecular weight is 233 g/mol. The third-order valence-electron chi connectivity index (χ3n) is 2.41. The molecule has 0 saturated heterocycles. The lowest BCUT2D eigenvalue weighted by atomic mass is 10.0. The molecule has 1 aromatic rings. The molecule has 0 unspecified atom stereocenters. The van der Waals surface area contributed by atoms with E-state index < -0.39 is 0 Å². The summed E-state index contributed by atoms with van der Waals surface area (Å²) in [6.45, 7) is 9.82. The number of nitrogens with two attached hydrogens (primary N) is 1. The monoisotopic (exact) mass is 233 g/mol. The van der Waals surface area contributed by atoms with E-state index in [-0.39, 0.29) is 11.6 Å². The molecule has 2 nitrogen and oxygen atoms in total. The molecule has 0 aliphatic heterocycles. The standard InChI is InChI=1S/C15H23NO/c1-5-6-7-14(16)12-8-10-13(11-9-12)17-15(2,3)4/h5,8-11,14H,1,6-7,16H2,2-4H3/t14-/m0/s1. The van der Waals surface area contributed by atoms with Gasteiger partial charge in [-0.25, -0.2) is 0 Å². The number of ether oxygens (including phenoxy) is 1. The second kappa shape index (κ2) is 5.87. The molecule has 17 heavy (non-hydrogen) atoms. The Morgan fingerprint density at radius 3 is 2.35 bits per heavy atom. The lowest BCUT2D eigenvalue weighted by Gasteiger charge is -2.21. The summed E-state index contributed by atoms with van der Waals surface area (Å²) in [6, 6.07) is 8.11. The van der Waals surface area contributed by atoms with Crippen LogP contribution in [0.5, 0.6) is 5.75 Å². The van der Waals surface area contributed by atoms with Crippen LogP contribution in [0.3, 0.4) is 0 Å². The van der Waals surface area contributed by atoms with Crippen molar-refractivity contribution in [2.45, 2.75) is 45.3 Å². The van der Waals surface area contributed by atoms with E-state index in [1.165, 1.54) is 0 Å². The lowest BCUT2D eigenvalue weighted by molar-refractivity contribution is 0.131. The quantitative estimate of drug-likeness (QED) is 0.784. The third kappa shape index (κ3) is 5.05. The normalized spacial score (nSPS) is 13.2. The summed E-state index contributed by atoms with van der Waals surface area (Å²) in [7, 11) is 0. The summed E-state index contributed by atoms with van der Waals surface area (Å²) in [5, 5.41) is 0. The molecule has 0 aliphatic carbocycles. The summed E-state index contributed by atoms with van der Waals surface area (Å²) < 4.78 is 5.76. The Labute approximate surface area is 104 Å². The van der Waals surface area contributed by atoms with Crippen LogP contribution in [0.15, 0.2) is 36.9 Å². The molecule has 94 valence electrons. The van der Waals surface area contributed by atoms with Crippen molar-refractivity contribution < 1.29 is 4.74 Å². The molecule has 0 fully saturated rings. The van der Waals surface area contributed by atoms with Crippen LogP contribution in [0.1, 0.15) is 45.2 Å². The van der Waals surface area contributed by atoms with Crippen molar-refractivity contribution >= 4 is 0 Å². The number of rotatable bonds is 5. The van der Waals surface area contributed by atoms with Crippen molar-refractivity contribution in [3.05, 3.63) is 42.5 Å². The highest BCUT2D eigenvalue weighted by Gasteiger charge is 2.12. The van der Waals surface area contributed by atoms with Crippen LogP contribution < -0.4 is 10.5 Å². The largest absolute Gasteiger partial charge is 0.488 e. The van der Waals surface area contributed by atoms with Crippen LogP contribution in [0.4, 0.5) is 0 Å². The van der Waals surface area contributed by atoms with Gasteiger partial charge in [-0.1, -0.05) is 18.2 Å². The Morgan fingerprint density at radius 1 is 1.29 bits per heavy atom. The molecule has 1 rings (SSSR count). The Bertz CT molecular complexity index is 348. The minimum Gasteiger partial charge on any atom is -0.488 e. The van der Waals surface area contributed by atoms with E-state index in [1.54, 1.807) is 0 Å². The number of allylic oxidation sites excluding steroid dienone is 1. The zero-order chi connectivity index (χ0) is 12.9. The molecule has 2 N–H and O–H groups in total. The molecule has 0 bridgehead atoms. The van der Waals surface area contributed by atoms with E-state index in [9.17, 15) is 0 Å². The van der Waals surface area contributed by atoms with E-state index in [2.05, 4.69) is 6.58 Å². The molecule has 1 aromatic carbocycles. The van der Waals surface area contributed by atoms with Crippen LogP contribution in [0.2, 0.25) is 0 Å². The summed E-state index contributed by atoms with van der Waals surface area (Å²) in [4.78, 5) is 0. The Kier molecular flexibility index (Phi) is 4.76. The van der Waals surface area contributed by atoms with Gasteiger partial charge < -0.3 is 10.5 Å². The molecule has 0 heterocycles. The van der Waals surface area contributed by atoms with Crippen molar-refractivity contribution in [3.63, 3.8) is 0 Å².